The molecule has 71 heavy (non-hydrogen) atoms. The van der Waals surface area contributed by atoms with Gasteiger partial charge in [0.05, 0.1) is 37.8 Å². The molecular formula is C45H73N11O15. The Kier molecular flexibility index (Phi) is 26.4. The van der Waals surface area contributed by atoms with E-state index in [1.807, 2.05) is 0 Å². The molecule has 0 bridgehead atoms. The van der Waals surface area contributed by atoms with Crippen LogP contribution in [0.4, 0.5) is 0 Å². The minimum atomic E-state index is -1.79. The van der Waals surface area contributed by atoms with Crippen molar-refractivity contribution in [2.75, 3.05) is 13.2 Å². The number of carboxylic acid groups (broad SMARTS) is 1. The third-order valence-corrected chi connectivity index (χ3v) is 11.1. The molecule has 1 aromatic rings. The van der Waals surface area contributed by atoms with E-state index in [0.29, 0.717) is 12.0 Å². The third-order valence-electron chi connectivity index (χ3n) is 11.1. The Bertz CT molecular complexity index is 2020. The Morgan fingerprint density at radius 3 is 1.49 bits per heavy atom. The number of rotatable bonds is 30. The lowest BCUT2D eigenvalue weighted by Crippen LogP contribution is -2.63. The van der Waals surface area contributed by atoms with E-state index in [-0.39, 0.29) is 12.3 Å². The van der Waals surface area contributed by atoms with Gasteiger partial charge in [0.2, 0.25) is 59.1 Å². The first-order valence-electron chi connectivity index (χ1n) is 23.0. The summed E-state index contributed by atoms with van der Waals surface area (Å²) in [6, 6.07) is -5.03. The minimum Gasteiger partial charge on any atom is -0.480 e. The maximum atomic E-state index is 13.7. The van der Waals surface area contributed by atoms with Crippen molar-refractivity contribution in [1.82, 2.24) is 47.9 Å². The standard InChI is InChI=1S/C45H73N11O15/c1-10-22(6)34(45(70)71)54-39(64)28(17-30(46)60)51-38(63)27(16-26-14-12-11-13-15-26)50-37(62)23(7)49-31(61)18-48-42(67)35(24(8)58)55-44(69)36(25(9)59)56-43(68)33(21(4)5)53-40(65)29(19-57)52-41(66)32(47)20(2)3/h11-15,20-25,27-29,32-36,57-59H,10,16-19,47H2,1-9H3,(H2,46,60)(H,48,67)(H,49,61)(H,50,62)(H,51,63)(H,52,66)(H,53,65)(H,54,64)(H,55,69)(H,56,68)(H,70,71)/t22-,23-,24+,25+,27-,28-,29-,32-,33-,34-,35-,36-/m0/s1. The zero-order valence-corrected chi connectivity index (χ0v) is 41.4. The number of hydrogen-bond acceptors (Lipinski definition) is 15. The van der Waals surface area contributed by atoms with Crippen LogP contribution in [-0.2, 0) is 59.2 Å². The maximum absolute atomic E-state index is 13.7. The summed E-state index contributed by atoms with van der Waals surface area (Å²) in [6.07, 6.45) is -3.77. The van der Waals surface area contributed by atoms with Gasteiger partial charge in [0, 0.05) is 6.42 Å². The molecule has 0 fully saturated rings. The number of aliphatic hydroxyl groups excluding tert-OH is 3. The van der Waals surface area contributed by atoms with E-state index in [4.69, 9.17) is 11.5 Å². The van der Waals surface area contributed by atoms with Crippen LogP contribution in [0.5, 0.6) is 0 Å². The van der Waals surface area contributed by atoms with Crippen LogP contribution in [0.2, 0.25) is 0 Å². The van der Waals surface area contributed by atoms with E-state index in [1.54, 1.807) is 58.0 Å². The van der Waals surface area contributed by atoms with Crippen molar-refractivity contribution in [1.29, 1.82) is 0 Å². The summed E-state index contributed by atoms with van der Waals surface area (Å²) in [6.45, 7) is 11.5. The van der Waals surface area contributed by atoms with E-state index in [2.05, 4.69) is 47.9 Å². The molecular weight excluding hydrogens is 935 g/mol. The van der Waals surface area contributed by atoms with Crippen LogP contribution in [-0.4, -0.2) is 165 Å². The normalized spacial score (nSPS) is 16.3. The number of amides is 10. The largest absolute Gasteiger partial charge is 0.480 e. The van der Waals surface area contributed by atoms with Crippen molar-refractivity contribution in [3.05, 3.63) is 35.9 Å². The topological polar surface area (TPSA) is 429 Å². The average Bonchev–Trinajstić information content (AvgIpc) is 3.29. The molecule has 0 unspecified atom stereocenters. The van der Waals surface area contributed by atoms with Gasteiger partial charge in [-0.2, -0.15) is 0 Å². The third kappa shape index (κ3) is 21.0. The molecule has 1 aromatic carbocycles. The van der Waals surface area contributed by atoms with Crippen molar-refractivity contribution >= 4 is 65.0 Å². The molecule has 0 radical (unpaired) electrons. The second-order valence-corrected chi connectivity index (χ2v) is 17.9. The summed E-state index contributed by atoms with van der Waals surface area (Å²) in [5, 5.41) is 61.3. The molecule has 0 aromatic heterocycles. The predicted molar refractivity (Wildman–Crippen MR) is 253 cm³/mol. The number of nitrogens with two attached hydrogens (primary N) is 2. The highest BCUT2D eigenvalue weighted by atomic mass is 16.4. The SMILES string of the molecule is CC[C@H](C)[C@H](NC(=O)[C@H](CC(N)=O)NC(=O)[C@H](Cc1ccccc1)NC(=O)[C@H](C)NC(=O)CNC(=O)[C@@H](NC(=O)[C@@H](NC(=O)[C@@H](NC(=O)[C@H](CO)NC(=O)[C@@H](N)C(C)C)C(C)C)[C@@H](C)O)[C@@H](C)O)C(=O)O. The molecule has 398 valence electrons. The molecule has 0 spiro atoms. The van der Waals surface area contributed by atoms with Gasteiger partial charge in [-0.3, -0.25) is 47.9 Å². The Hall–Kier alpha value is -6.77. The van der Waals surface area contributed by atoms with Gasteiger partial charge in [0.1, 0.15) is 48.3 Å². The molecule has 0 aliphatic rings. The number of nitrogens with one attached hydrogen (secondary N) is 9. The van der Waals surface area contributed by atoms with Crippen LogP contribution in [0.15, 0.2) is 30.3 Å². The number of primary amides is 1. The van der Waals surface area contributed by atoms with E-state index in [9.17, 15) is 73.2 Å². The fraction of sp³-hybridized carbons (Fsp3) is 0.622. The monoisotopic (exact) mass is 1010 g/mol. The van der Waals surface area contributed by atoms with Crippen molar-refractivity contribution in [3.63, 3.8) is 0 Å². The molecule has 0 aliphatic heterocycles. The number of hydrogen-bond donors (Lipinski definition) is 15. The number of carbonyl (C=O) groups is 11. The smallest absolute Gasteiger partial charge is 0.326 e. The van der Waals surface area contributed by atoms with Crippen LogP contribution >= 0.6 is 0 Å². The number of carbonyl (C=O) groups excluding carboxylic acids is 10. The van der Waals surface area contributed by atoms with Crippen LogP contribution < -0.4 is 59.3 Å². The highest BCUT2D eigenvalue weighted by Gasteiger charge is 2.37. The second kappa shape index (κ2) is 30.1. The minimum absolute atomic E-state index is 0.161. The lowest BCUT2D eigenvalue weighted by atomic mass is 9.98. The summed E-state index contributed by atoms with van der Waals surface area (Å²) in [7, 11) is 0. The van der Waals surface area contributed by atoms with E-state index in [0.717, 1.165) is 13.8 Å². The quantitative estimate of drug-likeness (QED) is 0.0342. The second-order valence-electron chi connectivity index (χ2n) is 17.9. The lowest BCUT2D eigenvalue weighted by molar-refractivity contribution is -0.144. The fourth-order valence-electron chi connectivity index (χ4n) is 6.46. The van der Waals surface area contributed by atoms with Gasteiger partial charge in [-0.1, -0.05) is 78.3 Å². The molecule has 10 amide bonds. The fourth-order valence-corrected chi connectivity index (χ4v) is 6.46. The number of aliphatic hydroxyl groups is 3. The number of aliphatic carboxylic acids is 1. The van der Waals surface area contributed by atoms with Gasteiger partial charge in [0.25, 0.3) is 0 Å². The molecule has 26 heteroatoms. The Labute approximate surface area is 411 Å². The van der Waals surface area contributed by atoms with Crippen LogP contribution in [0, 0.1) is 17.8 Å². The van der Waals surface area contributed by atoms with Gasteiger partial charge in [-0.15, -0.1) is 0 Å². The van der Waals surface area contributed by atoms with Crippen LogP contribution in [0.1, 0.15) is 80.7 Å². The first-order valence-corrected chi connectivity index (χ1v) is 23.0. The summed E-state index contributed by atoms with van der Waals surface area (Å²) < 4.78 is 0. The maximum Gasteiger partial charge on any atom is 0.326 e. The van der Waals surface area contributed by atoms with Crippen molar-refractivity contribution in [3.8, 4) is 0 Å². The molecule has 17 N–H and O–H groups in total. The molecule has 26 nitrogen and oxygen atoms in total. The zero-order chi connectivity index (χ0) is 54.4. The van der Waals surface area contributed by atoms with Gasteiger partial charge in [-0.05, 0) is 44.1 Å². The van der Waals surface area contributed by atoms with E-state index >= 15 is 0 Å². The van der Waals surface area contributed by atoms with Crippen LogP contribution in [0.25, 0.3) is 0 Å². The Morgan fingerprint density at radius 1 is 0.549 bits per heavy atom. The Balaban J connectivity index is 3.11. The summed E-state index contributed by atoms with van der Waals surface area (Å²) in [5.41, 5.74) is 11.7. The molecule has 12 atom stereocenters. The summed E-state index contributed by atoms with van der Waals surface area (Å²) in [4.78, 5) is 143. The molecule has 0 saturated heterocycles. The summed E-state index contributed by atoms with van der Waals surface area (Å²) >= 11 is 0. The predicted octanol–water partition coefficient (Wildman–Crippen LogP) is -5.36. The highest BCUT2D eigenvalue weighted by Crippen LogP contribution is 2.11. The zero-order valence-electron chi connectivity index (χ0n) is 41.4. The number of benzene rings is 1. The first kappa shape index (κ1) is 62.2. The lowest BCUT2D eigenvalue weighted by Gasteiger charge is -2.29. The van der Waals surface area contributed by atoms with Gasteiger partial charge < -0.3 is 79.7 Å². The van der Waals surface area contributed by atoms with E-state index < -0.39 is 163 Å². The number of carboxylic acids is 1. The van der Waals surface area contributed by atoms with Crippen LogP contribution in [0.3, 0.4) is 0 Å². The molecule has 0 saturated carbocycles. The Morgan fingerprint density at radius 2 is 1.01 bits per heavy atom. The van der Waals surface area contributed by atoms with Crippen molar-refractivity contribution in [2.45, 2.75) is 148 Å². The highest BCUT2D eigenvalue weighted by molar-refractivity contribution is 5.99. The molecule has 0 aliphatic carbocycles. The van der Waals surface area contributed by atoms with Crippen molar-refractivity contribution in [2.24, 2.45) is 29.2 Å². The van der Waals surface area contributed by atoms with E-state index in [1.165, 1.54) is 20.8 Å². The van der Waals surface area contributed by atoms with Gasteiger partial charge in [0.15, 0.2) is 0 Å². The first-order chi connectivity index (χ1) is 33.1. The molecule has 1 rings (SSSR count). The molecule has 0 heterocycles. The summed E-state index contributed by atoms with van der Waals surface area (Å²) in [5.74, 6) is -12.7. The van der Waals surface area contributed by atoms with Gasteiger partial charge in [-0.25, -0.2) is 4.79 Å². The van der Waals surface area contributed by atoms with Gasteiger partial charge >= 0.3 is 5.97 Å². The average molecular weight is 1010 g/mol. The van der Waals surface area contributed by atoms with Crippen molar-refractivity contribution < 1.29 is 73.2 Å².